The van der Waals surface area contributed by atoms with Crippen LogP contribution in [0.1, 0.15) is 67.7 Å². The maximum Gasteiger partial charge on any atom is 0.131 e. The molecule has 0 saturated carbocycles. The van der Waals surface area contributed by atoms with Crippen molar-refractivity contribution >= 4 is 12.4 Å². The Morgan fingerprint density at radius 3 is 1.94 bits per heavy atom. The maximum atomic E-state index is 14.7. The van der Waals surface area contributed by atoms with Crippen LogP contribution in [0.2, 0.25) is 0 Å². The topological polar surface area (TPSA) is 24.7 Å². The van der Waals surface area contributed by atoms with Crippen molar-refractivity contribution in [2.75, 3.05) is 0 Å². The Bertz CT molecular complexity index is 1080. The van der Waals surface area contributed by atoms with Crippen LogP contribution in [-0.4, -0.2) is 12.4 Å². The number of nitrogens with zero attached hydrogens (tertiary/aromatic N) is 2. The lowest BCUT2D eigenvalue weighted by Crippen LogP contribution is -1.90. The summed E-state index contributed by atoms with van der Waals surface area (Å²) in [5, 5.41) is 8.20. The van der Waals surface area contributed by atoms with Gasteiger partial charge in [0.05, 0.1) is 12.4 Å². The number of benzene rings is 3. The minimum atomic E-state index is -0.254. The van der Waals surface area contributed by atoms with E-state index in [9.17, 15) is 4.39 Å². The molecular weight excluding hydrogens is 419 g/mol. The standard InChI is InChI=1S/C31H35FN2/c1-3-5-7-9-11-25-12-14-27(15-13-25)23-33-34-24-28-18-21-30(31(32)22-28)29-19-16-26(17-20-29)10-8-6-4-2/h3,12-24H,1,4-11H2,2H3. The van der Waals surface area contributed by atoms with Gasteiger partial charge in [-0.15, -0.1) is 6.58 Å². The van der Waals surface area contributed by atoms with Gasteiger partial charge in [-0.05, 0) is 72.4 Å². The fraction of sp³-hybridized carbons (Fsp3) is 0.290. The van der Waals surface area contributed by atoms with E-state index in [2.05, 4.69) is 48.0 Å². The monoisotopic (exact) mass is 454 g/mol. The zero-order valence-electron chi connectivity index (χ0n) is 20.2. The Hall–Kier alpha value is -3.33. The van der Waals surface area contributed by atoms with Gasteiger partial charge in [-0.2, -0.15) is 10.2 Å². The third kappa shape index (κ3) is 8.22. The van der Waals surface area contributed by atoms with Crippen molar-refractivity contribution in [3.63, 3.8) is 0 Å². The number of unbranched alkanes of at least 4 members (excludes halogenated alkanes) is 4. The summed E-state index contributed by atoms with van der Waals surface area (Å²) < 4.78 is 14.7. The summed E-state index contributed by atoms with van der Waals surface area (Å²) in [5.41, 5.74) is 5.80. The molecule has 3 aromatic rings. The van der Waals surface area contributed by atoms with Crippen LogP contribution in [0.15, 0.2) is 89.6 Å². The molecular formula is C31H35FN2. The number of rotatable bonds is 13. The van der Waals surface area contributed by atoms with E-state index < -0.39 is 0 Å². The number of allylic oxidation sites excluding steroid dienone is 1. The van der Waals surface area contributed by atoms with Crippen molar-refractivity contribution in [2.45, 2.75) is 58.3 Å². The first-order valence-electron chi connectivity index (χ1n) is 12.3. The molecule has 0 heterocycles. The second kappa shape index (κ2) is 14.0. The van der Waals surface area contributed by atoms with Crippen LogP contribution in [0.5, 0.6) is 0 Å². The molecule has 0 atom stereocenters. The first-order valence-corrected chi connectivity index (χ1v) is 12.3. The summed E-state index contributed by atoms with van der Waals surface area (Å²) in [5.74, 6) is -0.254. The fourth-order valence-corrected chi connectivity index (χ4v) is 3.86. The number of halogens is 1. The summed E-state index contributed by atoms with van der Waals surface area (Å²) in [6.45, 7) is 5.97. The summed E-state index contributed by atoms with van der Waals surface area (Å²) in [7, 11) is 0. The molecule has 0 fully saturated rings. The smallest absolute Gasteiger partial charge is 0.131 e. The maximum absolute atomic E-state index is 14.7. The quantitative estimate of drug-likeness (QED) is 0.107. The van der Waals surface area contributed by atoms with Gasteiger partial charge in [0.15, 0.2) is 0 Å². The molecule has 0 bridgehead atoms. The molecule has 0 radical (unpaired) electrons. The van der Waals surface area contributed by atoms with Crippen molar-refractivity contribution in [3.05, 3.63) is 107 Å². The number of aryl methyl sites for hydroxylation is 2. The van der Waals surface area contributed by atoms with E-state index in [1.54, 1.807) is 18.5 Å². The number of hydrogen-bond acceptors (Lipinski definition) is 2. The molecule has 0 aliphatic rings. The predicted octanol–water partition coefficient (Wildman–Crippen LogP) is 8.58. The second-order valence-electron chi connectivity index (χ2n) is 8.66. The van der Waals surface area contributed by atoms with Crippen molar-refractivity contribution in [1.82, 2.24) is 0 Å². The normalized spacial score (nSPS) is 11.5. The molecule has 0 amide bonds. The minimum Gasteiger partial charge on any atom is -0.206 e. The average Bonchev–Trinajstić information content (AvgIpc) is 2.86. The zero-order valence-corrected chi connectivity index (χ0v) is 20.2. The van der Waals surface area contributed by atoms with Gasteiger partial charge in [-0.1, -0.05) is 86.5 Å². The molecule has 3 aromatic carbocycles. The zero-order chi connectivity index (χ0) is 24.0. The highest BCUT2D eigenvalue weighted by Gasteiger charge is 2.06. The third-order valence-electron chi connectivity index (χ3n) is 5.91. The molecule has 0 spiro atoms. The van der Waals surface area contributed by atoms with Gasteiger partial charge in [0.2, 0.25) is 0 Å². The SMILES string of the molecule is C=CCCCCc1ccc(C=NN=Cc2ccc(-c3ccc(CCCCC)cc3)c(F)c2)cc1. The predicted molar refractivity (Wildman–Crippen MR) is 144 cm³/mol. The van der Waals surface area contributed by atoms with Crippen molar-refractivity contribution in [3.8, 4) is 11.1 Å². The van der Waals surface area contributed by atoms with E-state index in [-0.39, 0.29) is 5.82 Å². The van der Waals surface area contributed by atoms with Crippen LogP contribution in [-0.2, 0) is 12.8 Å². The Morgan fingerprint density at radius 2 is 1.32 bits per heavy atom. The molecule has 0 N–H and O–H groups in total. The highest BCUT2D eigenvalue weighted by Crippen LogP contribution is 2.24. The summed E-state index contributed by atoms with van der Waals surface area (Å²) >= 11 is 0. The highest BCUT2D eigenvalue weighted by atomic mass is 19.1. The van der Waals surface area contributed by atoms with Crippen LogP contribution < -0.4 is 0 Å². The van der Waals surface area contributed by atoms with E-state index in [4.69, 9.17) is 0 Å². The number of hydrogen-bond donors (Lipinski definition) is 0. The van der Waals surface area contributed by atoms with Gasteiger partial charge >= 0.3 is 0 Å². The molecule has 34 heavy (non-hydrogen) atoms. The minimum absolute atomic E-state index is 0.254. The van der Waals surface area contributed by atoms with Gasteiger partial charge in [-0.3, -0.25) is 0 Å². The molecule has 0 saturated heterocycles. The van der Waals surface area contributed by atoms with Crippen LogP contribution in [0.4, 0.5) is 4.39 Å². The van der Waals surface area contributed by atoms with Crippen molar-refractivity contribution < 1.29 is 4.39 Å². The fourth-order valence-electron chi connectivity index (χ4n) is 3.86. The summed E-state index contributed by atoms with van der Waals surface area (Å²) in [6.07, 6.45) is 14.5. The Balaban J connectivity index is 1.54. The van der Waals surface area contributed by atoms with E-state index in [1.807, 2.05) is 36.4 Å². The first-order chi connectivity index (χ1) is 16.7. The van der Waals surface area contributed by atoms with Gasteiger partial charge in [0.25, 0.3) is 0 Å². The lowest BCUT2D eigenvalue weighted by atomic mass is 10.00. The van der Waals surface area contributed by atoms with Gasteiger partial charge in [0.1, 0.15) is 5.82 Å². The lowest BCUT2D eigenvalue weighted by molar-refractivity contribution is 0.631. The molecule has 3 rings (SSSR count). The molecule has 0 aliphatic heterocycles. The van der Waals surface area contributed by atoms with Crippen LogP contribution in [0.25, 0.3) is 11.1 Å². The Morgan fingerprint density at radius 1 is 0.735 bits per heavy atom. The van der Waals surface area contributed by atoms with E-state index in [1.165, 1.54) is 49.3 Å². The van der Waals surface area contributed by atoms with Crippen LogP contribution in [0, 0.1) is 5.82 Å². The van der Waals surface area contributed by atoms with Crippen molar-refractivity contribution in [2.24, 2.45) is 10.2 Å². The Labute approximate surface area is 204 Å². The highest BCUT2D eigenvalue weighted by molar-refractivity contribution is 5.83. The molecule has 0 aromatic heterocycles. The van der Waals surface area contributed by atoms with Gasteiger partial charge < -0.3 is 0 Å². The molecule has 3 heteroatoms. The molecule has 0 unspecified atom stereocenters. The van der Waals surface area contributed by atoms with E-state index in [0.717, 1.165) is 30.4 Å². The van der Waals surface area contributed by atoms with Gasteiger partial charge in [-0.25, -0.2) is 4.39 Å². The van der Waals surface area contributed by atoms with Crippen molar-refractivity contribution in [1.29, 1.82) is 0 Å². The van der Waals surface area contributed by atoms with E-state index in [0.29, 0.717) is 11.1 Å². The summed E-state index contributed by atoms with van der Waals surface area (Å²) in [6, 6.07) is 21.7. The average molecular weight is 455 g/mol. The molecule has 2 nitrogen and oxygen atoms in total. The van der Waals surface area contributed by atoms with E-state index >= 15 is 0 Å². The largest absolute Gasteiger partial charge is 0.206 e. The summed E-state index contributed by atoms with van der Waals surface area (Å²) in [4.78, 5) is 0. The lowest BCUT2D eigenvalue weighted by Gasteiger charge is -2.06. The Kier molecular flexibility index (Phi) is 10.4. The third-order valence-corrected chi connectivity index (χ3v) is 5.91. The van der Waals surface area contributed by atoms with Gasteiger partial charge in [0, 0.05) is 5.56 Å². The molecule has 176 valence electrons. The second-order valence-corrected chi connectivity index (χ2v) is 8.66. The first kappa shape index (κ1) is 25.3. The molecule has 0 aliphatic carbocycles. The van der Waals surface area contributed by atoms with Crippen LogP contribution in [0.3, 0.4) is 0 Å². The van der Waals surface area contributed by atoms with Crippen LogP contribution >= 0.6 is 0 Å².